The van der Waals surface area contributed by atoms with Crippen LogP contribution in [-0.4, -0.2) is 35.5 Å². The Hall–Kier alpha value is -2.68. The molecular formula is C18H21N5O3S. The van der Waals surface area contributed by atoms with Crippen molar-refractivity contribution in [3.05, 3.63) is 30.4 Å². The standard InChI is InChI=1S/C18H21N5O3S/c1-26-13-8-7-12(9-20-13)27(24,25)17-16-15(23-18(17)19)14(21-10-22-16)11-5-3-2-4-6-11/h7-11,23H,2-6,19H2,1H3. The molecule has 142 valence electrons. The number of nitrogens with one attached hydrogen (secondary N) is 1. The molecule has 0 aliphatic heterocycles. The van der Waals surface area contributed by atoms with E-state index < -0.39 is 9.84 Å². The summed E-state index contributed by atoms with van der Waals surface area (Å²) in [6.07, 6.45) is 8.28. The van der Waals surface area contributed by atoms with Gasteiger partial charge in [0.15, 0.2) is 0 Å². The van der Waals surface area contributed by atoms with E-state index >= 15 is 0 Å². The first-order valence-electron chi connectivity index (χ1n) is 8.89. The predicted octanol–water partition coefficient (Wildman–Crippen LogP) is 2.82. The zero-order valence-electron chi connectivity index (χ0n) is 15.0. The Bertz CT molecular complexity index is 1070. The Labute approximate surface area is 157 Å². The third-order valence-electron chi connectivity index (χ3n) is 5.09. The molecule has 3 heterocycles. The van der Waals surface area contributed by atoms with Crippen LogP contribution in [0.25, 0.3) is 11.0 Å². The minimum Gasteiger partial charge on any atom is -0.481 e. The van der Waals surface area contributed by atoms with Crippen LogP contribution in [-0.2, 0) is 9.84 Å². The molecule has 0 atom stereocenters. The molecule has 1 aliphatic carbocycles. The van der Waals surface area contributed by atoms with Gasteiger partial charge in [-0.05, 0) is 18.9 Å². The molecule has 0 aromatic carbocycles. The van der Waals surface area contributed by atoms with Gasteiger partial charge in [-0.2, -0.15) is 0 Å². The quantitative estimate of drug-likeness (QED) is 0.705. The minimum absolute atomic E-state index is 0.0241. The molecule has 0 bridgehead atoms. The average Bonchev–Trinajstić information content (AvgIpc) is 3.05. The lowest BCUT2D eigenvalue weighted by Crippen LogP contribution is -2.08. The fraction of sp³-hybridized carbons (Fsp3) is 0.389. The van der Waals surface area contributed by atoms with Gasteiger partial charge in [0, 0.05) is 18.2 Å². The highest BCUT2D eigenvalue weighted by Gasteiger charge is 2.29. The Balaban J connectivity index is 1.85. The van der Waals surface area contributed by atoms with E-state index in [1.54, 1.807) is 0 Å². The number of H-pyrrole nitrogens is 1. The first-order chi connectivity index (χ1) is 13.0. The Morgan fingerprint density at radius 3 is 2.59 bits per heavy atom. The summed E-state index contributed by atoms with van der Waals surface area (Å²) in [7, 11) is -2.42. The second-order valence-electron chi connectivity index (χ2n) is 6.72. The van der Waals surface area contributed by atoms with Gasteiger partial charge in [-0.25, -0.2) is 23.4 Å². The average molecular weight is 387 g/mol. The van der Waals surface area contributed by atoms with Crippen molar-refractivity contribution < 1.29 is 13.2 Å². The van der Waals surface area contributed by atoms with Gasteiger partial charge in [0.05, 0.1) is 23.2 Å². The second kappa shape index (κ2) is 6.80. The molecule has 3 aromatic rings. The normalized spacial score (nSPS) is 15.9. The van der Waals surface area contributed by atoms with Gasteiger partial charge in [0.25, 0.3) is 0 Å². The predicted molar refractivity (Wildman–Crippen MR) is 100 cm³/mol. The number of anilines is 1. The zero-order valence-corrected chi connectivity index (χ0v) is 15.8. The summed E-state index contributed by atoms with van der Waals surface area (Å²) in [6.45, 7) is 0. The van der Waals surface area contributed by atoms with Crippen molar-refractivity contribution in [3.8, 4) is 5.88 Å². The molecule has 1 saturated carbocycles. The summed E-state index contributed by atoms with van der Waals surface area (Å²) in [5.41, 5.74) is 7.88. The van der Waals surface area contributed by atoms with E-state index in [1.807, 2.05) is 0 Å². The number of aromatic amines is 1. The van der Waals surface area contributed by atoms with Crippen LogP contribution in [0.3, 0.4) is 0 Å². The highest BCUT2D eigenvalue weighted by atomic mass is 32.2. The molecule has 9 heteroatoms. The largest absolute Gasteiger partial charge is 0.481 e. The highest BCUT2D eigenvalue weighted by molar-refractivity contribution is 7.91. The summed E-state index contributed by atoms with van der Waals surface area (Å²) in [4.78, 5) is 15.7. The lowest BCUT2D eigenvalue weighted by molar-refractivity contribution is 0.397. The van der Waals surface area contributed by atoms with Gasteiger partial charge in [-0.3, -0.25) is 0 Å². The highest BCUT2D eigenvalue weighted by Crippen LogP contribution is 2.38. The summed E-state index contributed by atoms with van der Waals surface area (Å²) >= 11 is 0. The Morgan fingerprint density at radius 1 is 1.15 bits per heavy atom. The van der Waals surface area contributed by atoms with E-state index in [2.05, 4.69) is 19.9 Å². The van der Waals surface area contributed by atoms with Crippen LogP contribution in [0.5, 0.6) is 5.88 Å². The maximum Gasteiger partial charge on any atom is 0.213 e. The first kappa shape index (κ1) is 17.7. The van der Waals surface area contributed by atoms with Crippen molar-refractivity contribution in [1.29, 1.82) is 0 Å². The maximum atomic E-state index is 13.2. The number of ether oxygens (including phenoxy) is 1. The molecule has 3 N–H and O–H groups in total. The molecular weight excluding hydrogens is 366 g/mol. The van der Waals surface area contributed by atoms with Crippen LogP contribution >= 0.6 is 0 Å². The third kappa shape index (κ3) is 3.01. The molecule has 0 radical (unpaired) electrons. The molecule has 0 amide bonds. The third-order valence-corrected chi connectivity index (χ3v) is 6.90. The zero-order chi connectivity index (χ0) is 19.0. The number of aromatic nitrogens is 4. The number of nitrogen functional groups attached to an aromatic ring is 1. The van der Waals surface area contributed by atoms with Crippen LogP contribution in [0.15, 0.2) is 34.4 Å². The summed E-state index contributed by atoms with van der Waals surface area (Å²) in [5.74, 6) is 0.696. The number of rotatable bonds is 4. The molecule has 1 aliphatic rings. The lowest BCUT2D eigenvalue weighted by atomic mass is 9.86. The number of nitrogens with zero attached hydrogens (tertiary/aromatic N) is 3. The van der Waals surface area contributed by atoms with E-state index in [4.69, 9.17) is 10.5 Å². The van der Waals surface area contributed by atoms with Gasteiger partial charge >= 0.3 is 0 Å². The molecule has 1 fully saturated rings. The second-order valence-corrected chi connectivity index (χ2v) is 8.61. The van der Waals surface area contributed by atoms with Crippen LogP contribution in [0.4, 0.5) is 5.82 Å². The molecule has 0 saturated heterocycles. The molecule has 0 spiro atoms. The van der Waals surface area contributed by atoms with E-state index in [9.17, 15) is 8.42 Å². The van der Waals surface area contributed by atoms with Gasteiger partial charge in [-0.15, -0.1) is 0 Å². The topological polar surface area (TPSA) is 124 Å². The van der Waals surface area contributed by atoms with E-state index in [1.165, 1.54) is 38.2 Å². The number of nitrogens with two attached hydrogens (primary N) is 1. The first-order valence-corrected chi connectivity index (χ1v) is 10.4. The summed E-state index contributed by atoms with van der Waals surface area (Å²) < 4.78 is 31.3. The van der Waals surface area contributed by atoms with Gasteiger partial charge in [-0.1, -0.05) is 19.3 Å². The van der Waals surface area contributed by atoms with Gasteiger partial charge in [0.1, 0.15) is 22.6 Å². The monoisotopic (exact) mass is 387 g/mol. The number of hydrogen-bond donors (Lipinski definition) is 2. The van der Waals surface area contributed by atoms with Crippen molar-refractivity contribution in [2.45, 2.75) is 47.8 Å². The van der Waals surface area contributed by atoms with Crippen LogP contribution in [0, 0.1) is 0 Å². The molecule has 8 nitrogen and oxygen atoms in total. The lowest BCUT2D eigenvalue weighted by Gasteiger charge is -2.21. The smallest absolute Gasteiger partial charge is 0.213 e. The van der Waals surface area contributed by atoms with E-state index in [0.29, 0.717) is 22.8 Å². The fourth-order valence-corrected chi connectivity index (χ4v) is 5.16. The van der Waals surface area contributed by atoms with E-state index in [-0.39, 0.29) is 15.6 Å². The SMILES string of the molecule is COc1ccc(S(=O)(=O)c2c(N)[nH]c3c(C4CCCCC4)ncnc23)cn1. The van der Waals surface area contributed by atoms with E-state index in [0.717, 1.165) is 31.4 Å². The van der Waals surface area contributed by atoms with Crippen molar-refractivity contribution in [3.63, 3.8) is 0 Å². The number of methoxy groups -OCH3 is 1. The van der Waals surface area contributed by atoms with Crippen molar-refractivity contribution >= 4 is 26.7 Å². The van der Waals surface area contributed by atoms with Crippen molar-refractivity contribution in [2.24, 2.45) is 0 Å². The summed E-state index contributed by atoms with van der Waals surface area (Å²) in [6, 6.07) is 2.95. The van der Waals surface area contributed by atoms with Gasteiger partial charge < -0.3 is 15.5 Å². The van der Waals surface area contributed by atoms with Crippen LogP contribution in [0.1, 0.15) is 43.7 Å². The Morgan fingerprint density at radius 2 is 1.93 bits per heavy atom. The fourth-order valence-electron chi connectivity index (χ4n) is 3.74. The minimum atomic E-state index is -3.89. The molecule has 0 unspecified atom stereocenters. The molecule has 3 aromatic heterocycles. The van der Waals surface area contributed by atoms with Gasteiger partial charge in [0.2, 0.25) is 15.7 Å². The van der Waals surface area contributed by atoms with Crippen molar-refractivity contribution in [1.82, 2.24) is 19.9 Å². The Kier molecular flexibility index (Phi) is 4.47. The number of pyridine rings is 1. The maximum absolute atomic E-state index is 13.2. The number of hydrogen-bond acceptors (Lipinski definition) is 7. The number of fused-ring (bicyclic) bond motifs is 1. The molecule has 27 heavy (non-hydrogen) atoms. The van der Waals surface area contributed by atoms with Crippen molar-refractivity contribution in [2.75, 3.05) is 12.8 Å². The summed E-state index contributed by atoms with van der Waals surface area (Å²) in [5, 5.41) is 0. The molecule has 4 rings (SSSR count). The van der Waals surface area contributed by atoms with Crippen LogP contribution in [0.2, 0.25) is 0 Å². The number of sulfone groups is 1. The van der Waals surface area contributed by atoms with Crippen LogP contribution < -0.4 is 10.5 Å².